The van der Waals surface area contributed by atoms with Gasteiger partial charge in [0.2, 0.25) is 10.0 Å². The molecule has 2 aromatic rings. The van der Waals surface area contributed by atoms with Crippen LogP contribution in [0.4, 0.5) is 4.39 Å². The quantitative estimate of drug-likeness (QED) is 0.618. The van der Waals surface area contributed by atoms with Crippen molar-refractivity contribution in [3.63, 3.8) is 0 Å². The maximum absolute atomic E-state index is 13.9. The number of esters is 1. The number of hydrogen-bond donors (Lipinski definition) is 0. The van der Waals surface area contributed by atoms with Crippen molar-refractivity contribution in [3.8, 4) is 6.07 Å². The van der Waals surface area contributed by atoms with Gasteiger partial charge in [0.05, 0.1) is 40.5 Å². The number of sulfonamides is 1. The van der Waals surface area contributed by atoms with Crippen LogP contribution in [-0.2, 0) is 26.1 Å². The van der Waals surface area contributed by atoms with Crippen LogP contribution in [0.25, 0.3) is 0 Å². The second kappa shape index (κ2) is 9.29. The molecule has 1 aliphatic heterocycles. The van der Waals surface area contributed by atoms with Crippen molar-refractivity contribution in [3.05, 3.63) is 62.9 Å². The SMILES string of the molecule is N#Cc1ccc(F)c(COC(=O)c2cc(S(=O)(=O)N3CCOCC3)c(Cl)cc2Cl)c1. The predicted molar refractivity (Wildman–Crippen MR) is 106 cm³/mol. The lowest BCUT2D eigenvalue weighted by Crippen LogP contribution is -2.40. The van der Waals surface area contributed by atoms with Crippen LogP contribution < -0.4 is 0 Å². The summed E-state index contributed by atoms with van der Waals surface area (Å²) in [6, 6.07) is 7.67. The summed E-state index contributed by atoms with van der Waals surface area (Å²) in [5.41, 5.74) is -0.0377. The fourth-order valence-corrected chi connectivity index (χ4v) is 5.02. The van der Waals surface area contributed by atoms with Crippen molar-refractivity contribution in [2.24, 2.45) is 0 Å². The van der Waals surface area contributed by atoms with Crippen LogP contribution >= 0.6 is 23.2 Å². The molecule has 0 aromatic heterocycles. The van der Waals surface area contributed by atoms with Crippen LogP contribution in [0.3, 0.4) is 0 Å². The summed E-state index contributed by atoms with van der Waals surface area (Å²) in [5, 5.41) is 8.65. The van der Waals surface area contributed by atoms with Gasteiger partial charge in [-0.3, -0.25) is 0 Å². The van der Waals surface area contributed by atoms with Gasteiger partial charge in [-0.15, -0.1) is 0 Å². The number of benzene rings is 2. The molecule has 1 heterocycles. The third kappa shape index (κ3) is 4.74. The fraction of sp³-hybridized carbons (Fsp3) is 0.263. The lowest BCUT2D eigenvalue weighted by atomic mass is 10.1. The van der Waals surface area contributed by atoms with E-state index in [0.717, 1.165) is 18.2 Å². The van der Waals surface area contributed by atoms with Crippen LogP contribution in [0, 0.1) is 17.1 Å². The Hall–Kier alpha value is -2.22. The van der Waals surface area contributed by atoms with Crippen LogP contribution in [-0.4, -0.2) is 45.0 Å². The van der Waals surface area contributed by atoms with E-state index in [9.17, 15) is 17.6 Å². The van der Waals surface area contributed by atoms with Crippen molar-refractivity contribution in [1.82, 2.24) is 4.31 Å². The number of morpholine rings is 1. The first-order valence-corrected chi connectivity index (χ1v) is 10.9. The normalized spacial score (nSPS) is 14.9. The Labute approximate surface area is 182 Å². The van der Waals surface area contributed by atoms with Gasteiger partial charge >= 0.3 is 5.97 Å². The number of carbonyl (C=O) groups excluding carboxylic acids is 1. The molecule has 0 saturated carbocycles. The molecule has 0 bridgehead atoms. The van der Waals surface area contributed by atoms with Gasteiger partial charge in [0.15, 0.2) is 0 Å². The van der Waals surface area contributed by atoms with Crippen molar-refractivity contribution in [2.45, 2.75) is 11.5 Å². The average molecular weight is 473 g/mol. The minimum absolute atomic E-state index is 0.00588. The standard InChI is InChI=1S/C19H15Cl2FN2O5S/c20-15-9-16(21)18(30(26,27)24-3-5-28-6-4-24)8-14(15)19(25)29-11-13-7-12(10-23)1-2-17(13)22/h1-2,7-9H,3-6,11H2. The molecular formula is C19H15Cl2FN2O5S. The molecule has 1 aliphatic rings. The molecule has 0 radical (unpaired) electrons. The molecular weight excluding hydrogens is 458 g/mol. The molecule has 3 rings (SSSR count). The van der Waals surface area contributed by atoms with E-state index < -0.39 is 28.4 Å². The summed E-state index contributed by atoms with van der Waals surface area (Å²) < 4.78 is 51.1. The summed E-state index contributed by atoms with van der Waals surface area (Å²) >= 11 is 12.1. The van der Waals surface area contributed by atoms with Gasteiger partial charge in [-0.2, -0.15) is 9.57 Å². The number of carbonyl (C=O) groups is 1. The smallest absolute Gasteiger partial charge is 0.340 e. The minimum atomic E-state index is -3.99. The number of ether oxygens (including phenoxy) is 2. The van der Waals surface area contributed by atoms with E-state index in [-0.39, 0.29) is 57.9 Å². The van der Waals surface area contributed by atoms with Crippen LogP contribution in [0.15, 0.2) is 35.2 Å². The molecule has 158 valence electrons. The molecule has 30 heavy (non-hydrogen) atoms. The Morgan fingerprint density at radius 3 is 2.57 bits per heavy atom. The van der Waals surface area contributed by atoms with Crippen molar-refractivity contribution >= 4 is 39.2 Å². The van der Waals surface area contributed by atoms with Gasteiger partial charge in [0.1, 0.15) is 17.3 Å². The van der Waals surface area contributed by atoms with E-state index in [2.05, 4.69) is 0 Å². The van der Waals surface area contributed by atoms with Crippen LogP contribution in [0.5, 0.6) is 0 Å². The molecule has 2 aromatic carbocycles. The Kier molecular flexibility index (Phi) is 6.95. The number of nitriles is 1. The molecule has 0 atom stereocenters. The summed E-state index contributed by atoms with van der Waals surface area (Å²) in [5.74, 6) is -1.61. The molecule has 0 amide bonds. The lowest BCUT2D eigenvalue weighted by molar-refractivity contribution is 0.0468. The Morgan fingerprint density at radius 2 is 1.90 bits per heavy atom. The highest BCUT2D eigenvalue weighted by atomic mass is 35.5. The summed E-state index contributed by atoms with van der Waals surface area (Å²) in [6.07, 6.45) is 0. The fourth-order valence-electron chi connectivity index (χ4n) is 2.79. The molecule has 1 saturated heterocycles. The van der Waals surface area contributed by atoms with E-state index in [0.29, 0.717) is 0 Å². The zero-order valence-electron chi connectivity index (χ0n) is 15.4. The summed E-state index contributed by atoms with van der Waals surface area (Å²) in [6.45, 7) is 0.315. The molecule has 0 aliphatic carbocycles. The van der Waals surface area contributed by atoms with E-state index in [1.165, 1.54) is 16.4 Å². The molecule has 1 fully saturated rings. The highest BCUT2D eigenvalue weighted by Crippen LogP contribution is 2.31. The van der Waals surface area contributed by atoms with Crippen LogP contribution in [0.1, 0.15) is 21.5 Å². The van der Waals surface area contributed by atoms with E-state index in [1.54, 1.807) is 0 Å². The Balaban J connectivity index is 1.86. The average Bonchev–Trinajstić information content (AvgIpc) is 2.73. The second-order valence-corrected chi connectivity index (χ2v) is 8.99. The summed E-state index contributed by atoms with van der Waals surface area (Å²) in [7, 11) is -3.99. The predicted octanol–water partition coefficient (Wildman–Crippen LogP) is 3.38. The largest absolute Gasteiger partial charge is 0.457 e. The molecule has 0 N–H and O–H groups in total. The van der Waals surface area contributed by atoms with E-state index in [1.807, 2.05) is 6.07 Å². The summed E-state index contributed by atoms with van der Waals surface area (Å²) in [4.78, 5) is 12.2. The van der Waals surface area contributed by atoms with Gasteiger partial charge in [0, 0.05) is 18.7 Å². The van der Waals surface area contributed by atoms with Gasteiger partial charge < -0.3 is 9.47 Å². The first-order chi connectivity index (χ1) is 14.2. The first kappa shape index (κ1) is 22.5. The molecule has 7 nitrogen and oxygen atoms in total. The number of nitrogens with zero attached hydrogens (tertiary/aromatic N) is 2. The van der Waals surface area contributed by atoms with Crippen molar-refractivity contribution < 1.29 is 27.1 Å². The lowest BCUT2D eigenvalue weighted by Gasteiger charge is -2.26. The third-order valence-electron chi connectivity index (χ3n) is 4.36. The monoisotopic (exact) mass is 472 g/mol. The maximum atomic E-state index is 13.9. The third-order valence-corrected chi connectivity index (χ3v) is 7.04. The number of rotatable bonds is 5. The molecule has 0 spiro atoms. The molecule has 0 unspecified atom stereocenters. The molecule has 11 heteroatoms. The zero-order valence-corrected chi connectivity index (χ0v) is 17.7. The maximum Gasteiger partial charge on any atom is 0.340 e. The van der Waals surface area contributed by atoms with Gasteiger partial charge in [-0.05, 0) is 30.3 Å². The first-order valence-electron chi connectivity index (χ1n) is 8.66. The van der Waals surface area contributed by atoms with Gasteiger partial charge in [-0.1, -0.05) is 23.2 Å². The topological polar surface area (TPSA) is 96.7 Å². The number of halogens is 3. The van der Waals surface area contributed by atoms with Crippen LogP contribution in [0.2, 0.25) is 10.0 Å². The van der Waals surface area contributed by atoms with Crippen molar-refractivity contribution in [2.75, 3.05) is 26.3 Å². The highest BCUT2D eigenvalue weighted by molar-refractivity contribution is 7.89. The Bertz CT molecular complexity index is 1130. The second-order valence-electron chi connectivity index (χ2n) is 6.27. The van der Waals surface area contributed by atoms with Crippen molar-refractivity contribution in [1.29, 1.82) is 5.26 Å². The minimum Gasteiger partial charge on any atom is -0.457 e. The zero-order chi connectivity index (χ0) is 21.9. The Morgan fingerprint density at radius 1 is 1.20 bits per heavy atom. The highest BCUT2D eigenvalue weighted by Gasteiger charge is 2.30. The van der Waals surface area contributed by atoms with E-state index in [4.69, 9.17) is 37.9 Å². The number of hydrogen-bond acceptors (Lipinski definition) is 6. The van der Waals surface area contributed by atoms with E-state index >= 15 is 0 Å². The van der Waals surface area contributed by atoms with Gasteiger partial charge in [0.25, 0.3) is 0 Å². The van der Waals surface area contributed by atoms with Gasteiger partial charge in [-0.25, -0.2) is 17.6 Å².